The molecule has 1 aromatic carbocycles. The van der Waals surface area contributed by atoms with Crippen LogP contribution in [0.4, 0.5) is 5.69 Å². The molecule has 0 fully saturated rings. The van der Waals surface area contributed by atoms with Gasteiger partial charge < -0.3 is 15.4 Å². The third kappa shape index (κ3) is 7.28. The van der Waals surface area contributed by atoms with Crippen LogP contribution in [0.2, 0.25) is 0 Å². The van der Waals surface area contributed by atoms with Crippen LogP contribution in [0.15, 0.2) is 29.3 Å². The summed E-state index contributed by atoms with van der Waals surface area (Å²) in [6.45, 7) is 2.54. The van der Waals surface area contributed by atoms with Gasteiger partial charge in [0, 0.05) is 38.1 Å². The number of nitrogens with zero attached hydrogens (tertiary/aromatic N) is 2. The maximum atomic E-state index is 10.6. The minimum absolute atomic E-state index is 0.0873. The number of hydrogen-bond acceptors (Lipinski definition) is 5. The molecule has 0 radical (unpaired) electrons. The number of benzene rings is 1. The number of hydrogen-bond donors (Lipinski definition) is 2. The third-order valence-corrected chi connectivity index (χ3v) is 3.38. The van der Waals surface area contributed by atoms with Gasteiger partial charge in [0.05, 0.1) is 18.1 Å². The SMILES string of the molecule is COCCNC(=NCc1ccc([N+](=O)[O-])cc1)NCCSC. The van der Waals surface area contributed by atoms with E-state index < -0.39 is 4.92 Å². The van der Waals surface area contributed by atoms with Gasteiger partial charge in [-0.05, 0) is 11.8 Å². The summed E-state index contributed by atoms with van der Waals surface area (Å²) in [5, 5.41) is 17.0. The van der Waals surface area contributed by atoms with Crippen molar-refractivity contribution in [1.29, 1.82) is 0 Å². The average Bonchev–Trinajstić information content (AvgIpc) is 2.53. The number of rotatable bonds is 9. The molecule has 0 unspecified atom stereocenters. The smallest absolute Gasteiger partial charge is 0.269 e. The number of nitro benzene ring substituents is 1. The summed E-state index contributed by atoms with van der Waals surface area (Å²) in [6, 6.07) is 6.42. The second-order valence-electron chi connectivity index (χ2n) is 4.43. The number of guanidine groups is 1. The van der Waals surface area contributed by atoms with Gasteiger partial charge >= 0.3 is 0 Å². The quantitative estimate of drug-likeness (QED) is 0.236. The van der Waals surface area contributed by atoms with Crippen molar-refractivity contribution in [2.45, 2.75) is 6.54 Å². The Labute approximate surface area is 134 Å². The van der Waals surface area contributed by atoms with E-state index in [2.05, 4.69) is 15.6 Å². The zero-order valence-corrected chi connectivity index (χ0v) is 13.7. The van der Waals surface area contributed by atoms with E-state index in [-0.39, 0.29) is 5.69 Å². The average molecular weight is 326 g/mol. The zero-order chi connectivity index (χ0) is 16.2. The van der Waals surface area contributed by atoms with Crippen molar-refractivity contribution in [1.82, 2.24) is 10.6 Å². The van der Waals surface area contributed by atoms with Gasteiger partial charge in [-0.25, -0.2) is 4.99 Å². The van der Waals surface area contributed by atoms with Crippen LogP contribution in [0.1, 0.15) is 5.56 Å². The molecule has 0 saturated carbocycles. The van der Waals surface area contributed by atoms with E-state index in [1.54, 1.807) is 31.0 Å². The maximum Gasteiger partial charge on any atom is 0.269 e. The lowest BCUT2D eigenvalue weighted by molar-refractivity contribution is -0.384. The lowest BCUT2D eigenvalue weighted by Gasteiger charge is -2.12. The topological polar surface area (TPSA) is 88.8 Å². The van der Waals surface area contributed by atoms with Crippen LogP contribution in [0.3, 0.4) is 0 Å². The van der Waals surface area contributed by atoms with E-state index in [0.29, 0.717) is 25.7 Å². The summed E-state index contributed by atoms with van der Waals surface area (Å²) in [6.07, 6.45) is 2.05. The van der Waals surface area contributed by atoms with Crippen LogP contribution >= 0.6 is 11.8 Å². The summed E-state index contributed by atoms with van der Waals surface area (Å²) < 4.78 is 5.00. The minimum Gasteiger partial charge on any atom is -0.383 e. The van der Waals surface area contributed by atoms with Crippen molar-refractivity contribution in [2.24, 2.45) is 4.99 Å². The summed E-state index contributed by atoms with van der Waals surface area (Å²) in [5.41, 5.74) is 1.01. The predicted molar refractivity (Wildman–Crippen MR) is 90.5 cm³/mol. The van der Waals surface area contributed by atoms with Gasteiger partial charge in [0.1, 0.15) is 0 Å². The molecule has 0 heterocycles. The molecular weight excluding hydrogens is 304 g/mol. The standard InChI is InChI=1S/C14H22N4O3S/c1-21-9-7-15-14(16-8-10-22-2)17-11-12-3-5-13(6-4-12)18(19)20/h3-6H,7-11H2,1-2H3,(H2,15,16,17). The normalized spacial score (nSPS) is 11.3. The van der Waals surface area contributed by atoms with Gasteiger partial charge in [0.2, 0.25) is 0 Å². The zero-order valence-electron chi connectivity index (χ0n) is 12.9. The summed E-state index contributed by atoms with van der Waals surface area (Å²) in [7, 11) is 1.65. The molecule has 0 spiro atoms. The van der Waals surface area contributed by atoms with Gasteiger partial charge in [0.25, 0.3) is 5.69 Å². The summed E-state index contributed by atoms with van der Waals surface area (Å²) in [5.74, 6) is 1.70. The van der Waals surface area contributed by atoms with Crippen molar-refractivity contribution in [3.8, 4) is 0 Å². The Balaban J connectivity index is 2.58. The molecule has 7 nitrogen and oxygen atoms in total. The highest BCUT2D eigenvalue weighted by atomic mass is 32.2. The van der Waals surface area contributed by atoms with E-state index in [0.717, 1.165) is 17.9 Å². The number of methoxy groups -OCH3 is 1. The molecule has 0 saturated heterocycles. The molecule has 1 aromatic rings. The van der Waals surface area contributed by atoms with Crippen molar-refractivity contribution in [3.05, 3.63) is 39.9 Å². The number of ether oxygens (including phenoxy) is 1. The third-order valence-electron chi connectivity index (χ3n) is 2.76. The number of non-ortho nitro benzene ring substituents is 1. The monoisotopic (exact) mass is 326 g/mol. The van der Waals surface area contributed by atoms with Crippen LogP contribution in [-0.4, -0.2) is 49.7 Å². The van der Waals surface area contributed by atoms with Crippen molar-refractivity contribution < 1.29 is 9.66 Å². The van der Waals surface area contributed by atoms with Gasteiger partial charge in [-0.3, -0.25) is 10.1 Å². The Bertz CT molecular complexity index is 467. The fraction of sp³-hybridized carbons (Fsp3) is 0.500. The lowest BCUT2D eigenvalue weighted by Crippen LogP contribution is -2.40. The minimum atomic E-state index is -0.408. The molecular formula is C14H22N4O3S. The fourth-order valence-corrected chi connectivity index (χ4v) is 1.92. The molecule has 0 aliphatic heterocycles. The first kappa shape index (κ1) is 18.2. The second-order valence-corrected chi connectivity index (χ2v) is 5.41. The van der Waals surface area contributed by atoms with E-state index in [9.17, 15) is 10.1 Å². The van der Waals surface area contributed by atoms with Gasteiger partial charge in [0.15, 0.2) is 5.96 Å². The Hall–Kier alpha value is -1.80. The van der Waals surface area contributed by atoms with E-state index >= 15 is 0 Å². The molecule has 0 atom stereocenters. The molecule has 0 aromatic heterocycles. The Kier molecular flexibility index (Phi) is 9.01. The summed E-state index contributed by atoms with van der Waals surface area (Å²) >= 11 is 1.76. The second kappa shape index (κ2) is 10.9. The fourth-order valence-electron chi connectivity index (χ4n) is 1.61. The van der Waals surface area contributed by atoms with Crippen LogP contribution in [0.25, 0.3) is 0 Å². The Morgan fingerprint density at radius 1 is 1.32 bits per heavy atom. The summed E-state index contributed by atoms with van der Waals surface area (Å²) in [4.78, 5) is 14.7. The molecule has 8 heteroatoms. The number of nitro groups is 1. The number of thioether (sulfide) groups is 1. The molecule has 2 N–H and O–H groups in total. The van der Waals surface area contributed by atoms with E-state index in [1.165, 1.54) is 12.1 Å². The van der Waals surface area contributed by atoms with Gasteiger partial charge in [-0.2, -0.15) is 11.8 Å². The predicted octanol–water partition coefficient (Wildman–Crippen LogP) is 1.64. The Morgan fingerprint density at radius 2 is 2.00 bits per heavy atom. The Morgan fingerprint density at radius 3 is 2.59 bits per heavy atom. The first-order valence-electron chi connectivity index (χ1n) is 6.90. The number of aliphatic imine (C=N–C) groups is 1. The highest BCUT2D eigenvalue weighted by Crippen LogP contribution is 2.12. The first-order chi connectivity index (χ1) is 10.7. The molecule has 0 aliphatic carbocycles. The van der Waals surface area contributed by atoms with E-state index in [1.807, 2.05) is 6.26 Å². The van der Waals surface area contributed by atoms with Crippen LogP contribution < -0.4 is 10.6 Å². The molecule has 122 valence electrons. The molecule has 0 bridgehead atoms. The lowest BCUT2D eigenvalue weighted by atomic mass is 10.2. The largest absolute Gasteiger partial charge is 0.383 e. The highest BCUT2D eigenvalue weighted by molar-refractivity contribution is 7.98. The van der Waals surface area contributed by atoms with E-state index in [4.69, 9.17) is 4.74 Å². The molecule has 22 heavy (non-hydrogen) atoms. The highest BCUT2D eigenvalue weighted by Gasteiger charge is 2.04. The molecule has 1 rings (SSSR count). The van der Waals surface area contributed by atoms with Crippen LogP contribution in [0, 0.1) is 10.1 Å². The van der Waals surface area contributed by atoms with Gasteiger partial charge in [-0.1, -0.05) is 12.1 Å². The van der Waals surface area contributed by atoms with Crippen molar-refractivity contribution in [3.63, 3.8) is 0 Å². The molecule has 0 aliphatic rings. The number of nitrogens with one attached hydrogen (secondary N) is 2. The van der Waals surface area contributed by atoms with Crippen molar-refractivity contribution in [2.75, 3.05) is 38.8 Å². The van der Waals surface area contributed by atoms with Crippen molar-refractivity contribution >= 4 is 23.4 Å². The van der Waals surface area contributed by atoms with Crippen LogP contribution in [-0.2, 0) is 11.3 Å². The molecule has 0 amide bonds. The first-order valence-corrected chi connectivity index (χ1v) is 8.30. The van der Waals surface area contributed by atoms with Crippen LogP contribution in [0.5, 0.6) is 0 Å². The van der Waals surface area contributed by atoms with Gasteiger partial charge in [-0.15, -0.1) is 0 Å². The maximum absolute atomic E-state index is 10.6.